The lowest BCUT2D eigenvalue weighted by molar-refractivity contribution is -0.138. The highest BCUT2D eigenvalue weighted by atomic mass is 16.5. The molecular formula is C17H22N2O2. The van der Waals surface area contributed by atoms with Crippen molar-refractivity contribution < 1.29 is 9.53 Å². The van der Waals surface area contributed by atoms with Crippen LogP contribution < -0.4 is 5.32 Å². The summed E-state index contributed by atoms with van der Waals surface area (Å²) in [5.74, 6) is -0.451. The fraction of sp³-hybridized carbons (Fsp3) is 0.294. The first-order valence-corrected chi connectivity index (χ1v) is 6.88. The zero-order valence-corrected chi connectivity index (χ0v) is 13.1. The van der Waals surface area contributed by atoms with Crippen LogP contribution in [0.2, 0.25) is 0 Å². The summed E-state index contributed by atoms with van der Waals surface area (Å²) in [5.41, 5.74) is 2.19. The summed E-state index contributed by atoms with van der Waals surface area (Å²) in [7, 11) is 0. The molecule has 0 unspecified atom stereocenters. The molecule has 0 amide bonds. The van der Waals surface area contributed by atoms with Crippen molar-refractivity contribution in [1.29, 1.82) is 5.26 Å². The van der Waals surface area contributed by atoms with Gasteiger partial charge in [-0.1, -0.05) is 32.1 Å². The van der Waals surface area contributed by atoms with Gasteiger partial charge in [-0.2, -0.15) is 5.26 Å². The molecule has 0 radical (unpaired) electrons. The Bertz CT molecular complexity index is 554. The van der Waals surface area contributed by atoms with E-state index >= 15 is 0 Å². The van der Waals surface area contributed by atoms with Crippen molar-refractivity contribution in [2.24, 2.45) is 0 Å². The van der Waals surface area contributed by atoms with E-state index in [9.17, 15) is 4.79 Å². The third-order valence-corrected chi connectivity index (χ3v) is 2.16. The number of hydrogen-bond acceptors (Lipinski definition) is 4. The number of anilines is 1. The minimum Gasteiger partial charge on any atom is -0.461 e. The highest BCUT2D eigenvalue weighted by Gasteiger charge is 2.10. The Hall–Kier alpha value is -2.54. The van der Waals surface area contributed by atoms with Crippen molar-refractivity contribution in [2.45, 2.75) is 27.7 Å². The Balaban J connectivity index is 0.00000191. The van der Waals surface area contributed by atoms with Gasteiger partial charge in [-0.15, -0.1) is 0 Å². The maximum atomic E-state index is 11.8. The molecule has 0 aliphatic rings. The first kappa shape index (κ1) is 18.5. The number of nitriles is 1. The minimum absolute atomic E-state index is 0.296. The van der Waals surface area contributed by atoms with E-state index < -0.39 is 5.97 Å². The normalized spacial score (nSPS) is 9.76. The van der Waals surface area contributed by atoms with Gasteiger partial charge >= 0.3 is 5.97 Å². The quantitative estimate of drug-likeness (QED) is 0.504. The fourth-order valence-corrected chi connectivity index (χ4v) is 1.42. The summed E-state index contributed by atoms with van der Waals surface area (Å²) >= 11 is 0. The molecule has 112 valence electrons. The molecule has 0 atom stereocenters. The van der Waals surface area contributed by atoms with Crippen LogP contribution in [0.25, 0.3) is 0 Å². The van der Waals surface area contributed by atoms with Crippen molar-refractivity contribution in [3.8, 4) is 6.07 Å². The summed E-state index contributed by atoms with van der Waals surface area (Å²) in [4.78, 5) is 11.8. The average molecular weight is 286 g/mol. The Kier molecular flexibility index (Phi) is 9.03. The SMILES string of the molecule is C=C(C)/C=C(\Nc1cccc(C#N)c1)C(=O)OCC.CC. The number of nitrogens with zero attached hydrogens (tertiary/aromatic N) is 1. The Morgan fingerprint density at radius 2 is 2.14 bits per heavy atom. The third-order valence-electron chi connectivity index (χ3n) is 2.16. The molecule has 0 bridgehead atoms. The van der Waals surface area contributed by atoms with Gasteiger partial charge < -0.3 is 10.1 Å². The molecule has 0 aromatic heterocycles. The van der Waals surface area contributed by atoms with Crippen molar-refractivity contribution in [2.75, 3.05) is 11.9 Å². The Morgan fingerprint density at radius 3 is 2.67 bits per heavy atom. The smallest absolute Gasteiger partial charge is 0.354 e. The molecule has 1 N–H and O–H groups in total. The van der Waals surface area contributed by atoms with Gasteiger partial charge in [0.2, 0.25) is 0 Å². The zero-order valence-electron chi connectivity index (χ0n) is 13.1. The van der Waals surface area contributed by atoms with E-state index in [2.05, 4.69) is 11.9 Å². The molecule has 4 heteroatoms. The largest absolute Gasteiger partial charge is 0.461 e. The molecule has 0 fully saturated rings. The number of ether oxygens (including phenoxy) is 1. The number of esters is 1. The van der Waals surface area contributed by atoms with Crippen LogP contribution in [0, 0.1) is 11.3 Å². The maximum Gasteiger partial charge on any atom is 0.354 e. The zero-order chi connectivity index (χ0) is 16.3. The summed E-state index contributed by atoms with van der Waals surface area (Å²) in [6, 6.07) is 8.90. The van der Waals surface area contributed by atoms with Crippen LogP contribution in [-0.4, -0.2) is 12.6 Å². The van der Waals surface area contributed by atoms with Crippen LogP contribution in [0.15, 0.2) is 48.2 Å². The van der Waals surface area contributed by atoms with E-state index in [0.29, 0.717) is 23.6 Å². The number of carbonyl (C=O) groups is 1. The number of carbonyl (C=O) groups excluding carboxylic acids is 1. The van der Waals surface area contributed by atoms with Gasteiger partial charge in [0.05, 0.1) is 18.2 Å². The maximum absolute atomic E-state index is 11.8. The minimum atomic E-state index is -0.451. The second-order valence-corrected chi connectivity index (χ2v) is 3.94. The second kappa shape index (κ2) is 10.3. The van der Waals surface area contributed by atoms with E-state index in [-0.39, 0.29) is 0 Å². The molecule has 1 rings (SSSR count). The van der Waals surface area contributed by atoms with Gasteiger partial charge in [-0.05, 0) is 38.1 Å². The Morgan fingerprint density at radius 1 is 1.48 bits per heavy atom. The van der Waals surface area contributed by atoms with Crippen LogP contribution in [-0.2, 0) is 9.53 Å². The fourth-order valence-electron chi connectivity index (χ4n) is 1.42. The molecule has 0 heterocycles. The summed E-state index contributed by atoms with van der Waals surface area (Å²) in [6.45, 7) is 11.6. The molecule has 0 saturated carbocycles. The van der Waals surface area contributed by atoms with E-state index in [4.69, 9.17) is 10.00 Å². The third kappa shape index (κ3) is 6.98. The lowest BCUT2D eigenvalue weighted by Gasteiger charge is -2.10. The monoisotopic (exact) mass is 286 g/mol. The molecule has 0 aliphatic heterocycles. The standard InChI is InChI=1S/C15H16N2O2.C2H6/c1-4-19-15(18)14(8-11(2)3)17-13-7-5-6-12(9-13)10-16;1-2/h5-9,17H,2,4H2,1,3H3;1-2H3/b14-8-;. The highest BCUT2D eigenvalue weighted by molar-refractivity contribution is 5.92. The van der Waals surface area contributed by atoms with Gasteiger partial charge in [0, 0.05) is 5.69 Å². The van der Waals surface area contributed by atoms with Gasteiger partial charge in [0.1, 0.15) is 5.70 Å². The van der Waals surface area contributed by atoms with Crippen LogP contribution in [0.3, 0.4) is 0 Å². The summed E-state index contributed by atoms with van der Waals surface area (Å²) < 4.78 is 4.96. The first-order chi connectivity index (χ1) is 10.1. The number of nitrogens with one attached hydrogen (secondary N) is 1. The number of hydrogen-bond donors (Lipinski definition) is 1. The number of rotatable bonds is 5. The predicted molar refractivity (Wildman–Crippen MR) is 85.7 cm³/mol. The van der Waals surface area contributed by atoms with Crippen LogP contribution in [0.5, 0.6) is 0 Å². The molecule has 4 nitrogen and oxygen atoms in total. The molecular weight excluding hydrogens is 264 g/mol. The van der Waals surface area contributed by atoms with Crippen molar-refractivity contribution in [3.05, 3.63) is 53.8 Å². The van der Waals surface area contributed by atoms with Crippen LogP contribution >= 0.6 is 0 Å². The molecule has 1 aromatic rings. The molecule has 1 aromatic carbocycles. The predicted octanol–water partition coefficient (Wildman–Crippen LogP) is 4.02. The van der Waals surface area contributed by atoms with E-state index in [1.54, 1.807) is 44.2 Å². The van der Waals surface area contributed by atoms with Crippen LogP contribution in [0.1, 0.15) is 33.3 Å². The Labute approximate surface area is 126 Å². The van der Waals surface area contributed by atoms with Crippen LogP contribution in [0.4, 0.5) is 5.69 Å². The highest BCUT2D eigenvalue weighted by Crippen LogP contribution is 2.14. The van der Waals surface area contributed by atoms with Gasteiger partial charge in [0.25, 0.3) is 0 Å². The topological polar surface area (TPSA) is 62.1 Å². The average Bonchev–Trinajstić information content (AvgIpc) is 2.48. The van der Waals surface area contributed by atoms with Crippen molar-refractivity contribution in [1.82, 2.24) is 0 Å². The molecule has 21 heavy (non-hydrogen) atoms. The van der Waals surface area contributed by atoms with Gasteiger partial charge in [-0.3, -0.25) is 0 Å². The van der Waals surface area contributed by atoms with E-state index in [0.717, 1.165) is 5.57 Å². The number of benzene rings is 1. The lowest BCUT2D eigenvalue weighted by Crippen LogP contribution is -2.15. The lowest BCUT2D eigenvalue weighted by atomic mass is 10.2. The van der Waals surface area contributed by atoms with Crippen molar-refractivity contribution in [3.63, 3.8) is 0 Å². The van der Waals surface area contributed by atoms with Gasteiger partial charge in [0.15, 0.2) is 0 Å². The van der Waals surface area contributed by atoms with Gasteiger partial charge in [-0.25, -0.2) is 4.79 Å². The first-order valence-electron chi connectivity index (χ1n) is 6.88. The molecule has 0 spiro atoms. The van der Waals surface area contributed by atoms with E-state index in [1.165, 1.54) is 0 Å². The summed E-state index contributed by atoms with van der Waals surface area (Å²) in [6.07, 6.45) is 1.61. The molecule has 0 saturated heterocycles. The summed E-state index contributed by atoms with van der Waals surface area (Å²) in [5, 5.41) is 11.8. The second-order valence-electron chi connectivity index (χ2n) is 3.94. The van der Waals surface area contributed by atoms with E-state index in [1.807, 2.05) is 19.9 Å². The number of allylic oxidation sites excluding steroid dienone is 2. The molecule has 0 aliphatic carbocycles. The van der Waals surface area contributed by atoms with Crippen molar-refractivity contribution >= 4 is 11.7 Å².